The number of rotatable bonds is 6. The summed E-state index contributed by atoms with van der Waals surface area (Å²) in [5.41, 5.74) is 7.12. The Kier molecular flexibility index (Phi) is 6.81. The Hall–Kier alpha value is -1.05. The lowest BCUT2D eigenvalue weighted by Crippen LogP contribution is -2.02. The Morgan fingerprint density at radius 1 is 1.50 bits per heavy atom. The molecule has 0 aliphatic heterocycles. The molecule has 0 radical (unpaired) electrons. The van der Waals surface area contributed by atoms with Crippen LogP contribution in [0.3, 0.4) is 0 Å². The van der Waals surface area contributed by atoms with Crippen molar-refractivity contribution < 1.29 is 0 Å². The Morgan fingerprint density at radius 3 is 2.64 bits per heavy atom. The molecule has 0 aromatic carbocycles. The van der Waals surface area contributed by atoms with Crippen molar-refractivity contribution in [3.05, 3.63) is 23.9 Å². The summed E-state index contributed by atoms with van der Waals surface area (Å²) in [6.45, 7) is 6.12. The molecule has 0 bridgehead atoms. The van der Waals surface area contributed by atoms with Crippen LogP contribution in [0, 0.1) is 11.3 Å². The molecule has 0 saturated heterocycles. The molecule has 2 heteroatoms. The van der Waals surface area contributed by atoms with E-state index >= 15 is 0 Å². The average Bonchev–Trinajstić information content (AvgIpc) is 2.11. The lowest BCUT2D eigenvalue weighted by Gasteiger charge is -2.07. The van der Waals surface area contributed by atoms with E-state index in [-0.39, 0.29) is 0 Å². The summed E-state index contributed by atoms with van der Waals surface area (Å²) in [5.74, 6) is 0.502. The van der Waals surface area contributed by atoms with Crippen LogP contribution in [0.25, 0.3) is 0 Å². The van der Waals surface area contributed by atoms with E-state index in [1.807, 2.05) is 25.2 Å². The van der Waals surface area contributed by atoms with E-state index in [0.29, 0.717) is 11.6 Å². The number of nitrogens with two attached hydrogens (primary N) is 1. The maximum atomic E-state index is 7.67. The second-order valence-electron chi connectivity index (χ2n) is 3.83. The zero-order chi connectivity index (χ0) is 11.0. The van der Waals surface area contributed by atoms with Gasteiger partial charge < -0.3 is 11.1 Å². The highest BCUT2D eigenvalue weighted by Gasteiger charge is 2.01. The minimum Gasteiger partial charge on any atom is -0.403 e. The summed E-state index contributed by atoms with van der Waals surface area (Å²) >= 11 is 0. The largest absolute Gasteiger partial charge is 0.403 e. The molecule has 2 nitrogen and oxygen atoms in total. The molecule has 0 spiro atoms. The van der Waals surface area contributed by atoms with E-state index in [1.165, 1.54) is 0 Å². The average molecular weight is 194 g/mol. The van der Waals surface area contributed by atoms with Crippen molar-refractivity contribution in [2.24, 2.45) is 11.7 Å². The quantitative estimate of drug-likeness (QED) is 0.626. The number of nitrogens with one attached hydrogen (secondary N) is 1. The van der Waals surface area contributed by atoms with Crippen LogP contribution in [0.1, 0.15) is 40.0 Å². The van der Waals surface area contributed by atoms with Gasteiger partial charge in [-0.15, -0.1) is 0 Å². The van der Waals surface area contributed by atoms with Crippen LogP contribution in [0.2, 0.25) is 0 Å². The van der Waals surface area contributed by atoms with Crippen molar-refractivity contribution in [1.29, 1.82) is 5.41 Å². The summed E-state index contributed by atoms with van der Waals surface area (Å²) in [6, 6.07) is 0. The third kappa shape index (κ3) is 7.59. The van der Waals surface area contributed by atoms with Gasteiger partial charge in [0.25, 0.3) is 0 Å². The van der Waals surface area contributed by atoms with Crippen molar-refractivity contribution >= 4 is 5.71 Å². The first kappa shape index (κ1) is 12.9. The van der Waals surface area contributed by atoms with Crippen LogP contribution in [-0.2, 0) is 0 Å². The van der Waals surface area contributed by atoms with E-state index in [1.54, 1.807) is 0 Å². The van der Waals surface area contributed by atoms with Crippen molar-refractivity contribution in [2.45, 2.75) is 40.0 Å². The molecule has 1 atom stereocenters. The smallest absolute Gasteiger partial charge is 0.0313 e. The minimum atomic E-state index is 0.502. The van der Waals surface area contributed by atoms with Crippen molar-refractivity contribution in [2.75, 3.05) is 0 Å². The van der Waals surface area contributed by atoms with Crippen LogP contribution in [0.15, 0.2) is 23.9 Å². The van der Waals surface area contributed by atoms with Crippen LogP contribution >= 0.6 is 0 Å². The maximum Gasteiger partial charge on any atom is 0.0313 e. The molecule has 3 N–H and O–H groups in total. The molecule has 0 aliphatic carbocycles. The zero-order valence-corrected chi connectivity index (χ0v) is 9.51. The molecule has 0 saturated carbocycles. The van der Waals surface area contributed by atoms with Gasteiger partial charge in [0.05, 0.1) is 0 Å². The zero-order valence-electron chi connectivity index (χ0n) is 9.51. The Balaban J connectivity index is 3.82. The molecule has 0 heterocycles. The van der Waals surface area contributed by atoms with Crippen LogP contribution < -0.4 is 5.73 Å². The highest BCUT2D eigenvalue weighted by Crippen LogP contribution is 2.10. The van der Waals surface area contributed by atoms with Crippen molar-refractivity contribution in [3.63, 3.8) is 0 Å². The fraction of sp³-hybridized carbons (Fsp3) is 0.583. The molecule has 0 aromatic heterocycles. The van der Waals surface area contributed by atoms with E-state index in [4.69, 9.17) is 11.1 Å². The fourth-order valence-electron chi connectivity index (χ4n) is 1.17. The first-order valence-electron chi connectivity index (χ1n) is 5.22. The second-order valence-corrected chi connectivity index (χ2v) is 3.83. The predicted octanol–water partition coefficient (Wildman–Crippen LogP) is 3.25. The van der Waals surface area contributed by atoms with E-state index in [0.717, 1.165) is 25.0 Å². The summed E-state index contributed by atoms with van der Waals surface area (Å²) in [6.07, 6.45) is 8.75. The monoisotopic (exact) mass is 194 g/mol. The molecule has 80 valence electrons. The van der Waals surface area contributed by atoms with Gasteiger partial charge in [0.1, 0.15) is 0 Å². The molecule has 0 rings (SSSR count). The number of allylic oxidation sites excluding steroid dienone is 4. The van der Waals surface area contributed by atoms with Gasteiger partial charge in [-0.2, -0.15) is 0 Å². The van der Waals surface area contributed by atoms with Crippen LogP contribution in [0.5, 0.6) is 0 Å². The standard InChI is InChI=1S/C12H22N2/c1-4-5-6-12(14)9-10(2)7-8-11(3)13/h5-6,8,10,14H,4,7,9,13H2,1-3H3/b6-5-,11-8-,14-12?. The van der Waals surface area contributed by atoms with E-state index in [2.05, 4.69) is 13.8 Å². The van der Waals surface area contributed by atoms with Gasteiger partial charge in [-0.05, 0) is 38.2 Å². The second kappa shape index (κ2) is 7.36. The highest BCUT2D eigenvalue weighted by molar-refractivity contribution is 5.92. The van der Waals surface area contributed by atoms with Gasteiger partial charge in [-0.1, -0.05) is 26.0 Å². The van der Waals surface area contributed by atoms with Gasteiger partial charge in [0, 0.05) is 11.4 Å². The minimum absolute atomic E-state index is 0.502. The van der Waals surface area contributed by atoms with Gasteiger partial charge in [0.2, 0.25) is 0 Å². The van der Waals surface area contributed by atoms with Crippen molar-refractivity contribution in [3.8, 4) is 0 Å². The van der Waals surface area contributed by atoms with Gasteiger partial charge in [-0.3, -0.25) is 0 Å². The number of hydrogen-bond acceptors (Lipinski definition) is 2. The summed E-state index contributed by atoms with van der Waals surface area (Å²) in [4.78, 5) is 0. The third-order valence-corrected chi connectivity index (χ3v) is 1.97. The SMILES string of the molecule is CC/C=C\C(=N)CC(C)C/C=C(/C)N. The molecular weight excluding hydrogens is 172 g/mol. The Bertz CT molecular complexity index is 222. The van der Waals surface area contributed by atoms with Gasteiger partial charge >= 0.3 is 0 Å². The summed E-state index contributed by atoms with van der Waals surface area (Å²) in [5, 5.41) is 7.67. The third-order valence-electron chi connectivity index (χ3n) is 1.97. The van der Waals surface area contributed by atoms with Gasteiger partial charge in [-0.25, -0.2) is 0 Å². The van der Waals surface area contributed by atoms with Crippen LogP contribution in [0.4, 0.5) is 0 Å². The first-order valence-corrected chi connectivity index (χ1v) is 5.22. The number of hydrogen-bond donors (Lipinski definition) is 2. The molecule has 14 heavy (non-hydrogen) atoms. The molecule has 0 aliphatic rings. The molecule has 0 fully saturated rings. The normalized spacial score (nSPS) is 14.6. The molecule has 0 amide bonds. The summed E-state index contributed by atoms with van der Waals surface area (Å²) in [7, 11) is 0. The lowest BCUT2D eigenvalue weighted by molar-refractivity contribution is 0.617. The van der Waals surface area contributed by atoms with Crippen molar-refractivity contribution in [1.82, 2.24) is 0 Å². The molecule has 0 aromatic rings. The van der Waals surface area contributed by atoms with E-state index in [9.17, 15) is 0 Å². The Morgan fingerprint density at radius 2 is 2.14 bits per heavy atom. The summed E-state index contributed by atoms with van der Waals surface area (Å²) < 4.78 is 0. The predicted molar refractivity (Wildman–Crippen MR) is 63.5 cm³/mol. The first-order chi connectivity index (χ1) is 6.56. The molecule has 1 unspecified atom stereocenters. The van der Waals surface area contributed by atoms with Crippen LogP contribution in [-0.4, -0.2) is 5.71 Å². The fourth-order valence-corrected chi connectivity index (χ4v) is 1.17. The Labute approximate surface area is 87.4 Å². The highest BCUT2D eigenvalue weighted by atomic mass is 14.5. The van der Waals surface area contributed by atoms with Gasteiger partial charge in [0.15, 0.2) is 0 Å². The maximum absolute atomic E-state index is 7.67. The molecular formula is C12H22N2. The van der Waals surface area contributed by atoms with E-state index < -0.39 is 0 Å². The topological polar surface area (TPSA) is 49.9 Å². The lowest BCUT2D eigenvalue weighted by atomic mass is 10.00.